The lowest BCUT2D eigenvalue weighted by Crippen LogP contribution is -2.57. The number of thioether (sulfide) groups is 1. The molecule has 6 atom stereocenters. The van der Waals surface area contributed by atoms with E-state index in [9.17, 15) is 51.6 Å². The second-order valence-corrected chi connectivity index (χ2v) is 11.4. The van der Waals surface area contributed by atoms with Gasteiger partial charge in [-0.05, 0) is 25.0 Å². The predicted octanol–water partition coefficient (Wildman–Crippen LogP) is 1.77. The molecule has 0 spiro atoms. The van der Waals surface area contributed by atoms with E-state index >= 15 is 0 Å². The minimum absolute atomic E-state index is 0.103. The zero-order valence-electron chi connectivity index (χ0n) is 21.5. The third kappa shape index (κ3) is 6.64. The van der Waals surface area contributed by atoms with Gasteiger partial charge in [0, 0.05) is 12.6 Å². The maximum atomic E-state index is 13.7. The molecule has 41 heavy (non-hydrogen) atoms. The normalized spacial score (nSPS) is 27.1. The highest BCUT2D eigenvalue weighted by molar-refractivity contribution is 8.01. The molecule has 1 aromatic carbocycles. The minimum atomic E-state index is -4.71. The summed E-state index contributed by atoms with van der Waals surface area (Å²) in [6, 6.07) is -0.111. The van der Waals surface area contributed by atoms with Crippen LogP contribution in [0.5, 0.6) is 0 Å². The SMILES string of the molecule is CN(CC(F)(F)F)C(=O)C(S[C@@H]1O[C@H](CO)[C@H](O)[C@H](n2cc(-c3cc(F)c(F)c(F)c3)nn2)[C@H]1O)C1(O)CCCC1. The molecule has 17 heteroatoms. The number of ether oxygens (including phenoxy) is 1. The molecule has 1 saturated heterocycles. The Morgan fingerprint density at radius 1 is 1.20 bits per heavy atom. The number of carbonyl (C=O) groups is 1. The summed E-state index contributed by atoms with van der Waals surface area (Å²) in [5, 5.41) is 49.2. The molecule has 1 aromatic heterocycles. The Morgan fingerprint density at radius 2 is 1.80 bits per heavy atom. The highest BCUT2D eigenvalue weighted by Crippen LogP contribution is 2.44. The molecule has 4 N–H and O–H groups in total. The van der Waals surface area contributed by atoms with Crippen molar-refractivity contribution in [1.29, 1.82) is 0 Å². The molecule has 10 nitrogen and oxygen atoms in total. The first-order valence-electron chi connectivity index (χ1n) is 12.5. The Kier molecular flexibility index (Phi) is 9.25. The molecular formula is C24H28F6N4O6S. The number of amides is 1. The molecular weight excluding hydrogens is 586 g/mol. The van der Waals surface area contributed by atoms with Crippen LogP contribution in [-0.4, -0.2) is 107 Å². The first kappa shape index (κ1) is 31.5. The van der Waals surface area contributed by atoms with Gasteiger partial charge in [0.2, 0.25) is 5.91 Å². The van der Waals surface area contributed by atoms with E-state index in [-0.39, 0.29) is 24.1 Å². The van der Waals surface area contributed by atoms with Crippen molar-refractivity contribution in [1.82, 2.24) is 19.9 Å². The zero-order chi connectivity index (χ0) is 30.3. The van der Waals surface area contributed by atoms with Gasteiger partial charge in [0.25, 0.3) is 0 Å². The van der Waals surface area contributed by atoms with Crippen molar-refractivity contribution < 1.29 is 56.3 Å². The van der Waals surface area contributed by atoms with Crippen molar-refractivity contribution in [2.45, 2.75) is 72.5 Å². The van der Waals surface area contributed by atoms with Crippen molar-refractivity contribution in [2.24, 2.45) is 0 Å². The Hall–Kier alpha value is -2.44. The van der Waals surface area contributed by atoms with E-state index in [2.05, 4.69) is 10.3 Å². The molecule has 0 bridgehead atoms. The number of aliphatic hydroxyl groups excluding tert-OH is 3. The van der Waals surface area contributed by atoms with Gasteiger partial charge in [-0.3, -0.25) is 4.79 Å². The predicted molar refractivity (Wildman–Crippen MR) is 131 cm³/mol. The molecule has 1 amide bonds. The van der Waals surface area contributed by atoms with Crippen molar-refractivity contribution >= 4 is 17.7 Å². The summed E-state index contributed by atoms with van der Waals surface area (Å²) in [6.07, 6.45) is -7.16. The molecule has 1 saturated carbocycles. The third-order valence-electron chi connectivity index (χ3n) is 7.19. The van der Waals surface area contributed by atoms with E-state index in [1.54, 1.807) is 0 Å². The van der Waals surface area contributed by atoms with Crippen LogP contribution in [0.3, 0.4) is 0 Å². The van der Waals surface area contributed by atoms with E-state index < -0.39 is 83.3 Å². The van der Waals surface area contributed by atoms with Crippen molar-refractivity contribution in [2.75, 3.05) is 20.2 Å². The van der Waals surface area contributed by atoms with Crippen molar-refractivity contribution in [3.8, 4) is 11.3 Å². The topological polar surface area (TPSA) is 141 Å². The van der Waals surface area contributed by atoms with Gasteiger partial charge in [0.05, 0.1) is 18.4 Å². The Morgan fingerprint density at radius 3 is 2.37 bits per heavy atom. The Bertz CT molecular complexity index is 1220. The van der Waals surface area contributed by atoms with E-state index in [0.29, 0.717) is 41.6 Å². The molecule has 2 aliphatic rings. The lowest BCUT2D eigenvalue weighted by molar-refractivity contribution is -0.179. The summed E-state index contributed by atoms with van der Waals surface area (Å²) in [5.41, 5.74) is -3.57. The number of halogens is 6. The van der Waals surface area contributed by atoms with Gasteiger partial charge in [0.15, 0.2) is 17.5 Å². The van der Waals surface area contributed by atoms with Crippen LogP contribution in [0.15, 0.2) is 18.3 Å². The van der Waals surface area contributed by atoms with Crippen LogP contribution in [0, 0.1) is 17.5 Å². The monoisotopic (exact) mass is 614 g/mol. The Balaban J connectivity index is 1.64. The van der Waals surface area contributed by atoms with Crippen LogP contribution in [-0.2, 0) is 9.53 Å². The van der Waals surface area contributed by atoms with Gasteiger partial charge in [0.1, 0.15) is 47.3 Å². The summed E-state index contributed by atoms with van der Waals surface area (Å²) in [7, 11) is 0.932. The van der Waals surface area contributed by atoms with Gasteiger partial charge in [-0.25, -0.2) is 17.9 Å². The number of aliphatic hydroxyl groups is 4. The van der Waals surface area contributed by atoms with Crippen LogP contribution in [0.25, 0.3) is 11.3 Å². The quantitative estimate of drug-likeness (QED) is 0.259. The number of benzene rings is 1. The summed E-state index contributed by atoms with van der Waals surface area (Å²) < 4.78 is 86.5. The van der Waals surface area contributed by atoms with Crippen molar-refractivity contribution in [3.05, 3.63) is 35.8 Å². The van der Waals surface area contributed by atoms with Gasteiger partial charge < -0.3 is 30.1 Å². The Labute approximate surface area is 233 Å². The highest BCUT2D eigenvalue weighted by atomic mass is 32.2. The van der Waals surface area contributed by atoms with Crippen molar-refractivity contribution in [3.63, 3.8) is 0 Å². The summed E-state index contributed by atoms with van der Waals surface area (Å²) in [6.45, 7) is -2.37. The second-order valence-electron chi connectivity index (χ2n) is 10.2. The number of nitrogens with zero attached hydrogens (tertiary/aromatic N) is 4. The lowest BCUT2D eigenvalue weighted by atomic mass is 9.96. The number of carbonyl (C=O) groups excluding carboxylic acids is 1. The molecule has 2 heterocycles. The first-order chi connectivity index (χ1) is 19.1. The van der Waals surface area contributed by atoms with Gasteiger partial charge in [-0.15, -0.1) is 16.9 Å². The summed E-state index contributed by atoms with van der Waals surface area (Å²) in [5.74, 6) is -5.74. The fourth-order valence-corrected chi connectivity index (χ4v) is 6.68. The molecule has 1 unspecified atom stereocenters. The number of alkyl halides is 3. The minimum Gasteiger partial charge on any atom is -0.394 e. The van der Waals surface area contributed by atoms with Gasteiger partial charge >= 0.3 is 6.18 Å². The van der Waals surface area contributed by atoms with E-state index in [0.717, 1.165) is 17.9 Å². The molecule has 1 aliphatic heterocycles. The summed E-state index contributed by atoms with van der Waals surface area (Å²) >= 11 is 0.555. The van der Waals surface area contributed by atoms with Crippen LogP contribution < -0.4 is 0 Å². The molecule has 4 rings (SSSR count). The van der Waals surface area contributed by atoms with E-state index in [4.69, 9.17) is 4.74 Å². The molecule has 0 radical (unpaired) electrons. The first-order valence-corrected chi connectivity index (χ1v) is 13.5. The maximum absolute atomic E-state index is 13.7. The lowest BCUT2D eigenvalue weighted by Gasteiger charge is -2.44. The van der Waals surface area contributed by atoms with E-state index in [1.807, 2.05) is 0 Å². The van der Waals surface area contributed by atoms with Crippen LogP contribution in [0.4, 0.5) is 26.3 Å². The fourth-order valence-electron chi connectivity index (χ4n) is 5.10. The zero-order valence-corrected chi connectivity index (χ0v) is 22.3. The van der Waals surface area contributed by atoms with E-state index in [1.165, 1.54) is 0 Å². The number of aromatic nitrogens is 3. The number of rotatable bonds is 8. The second kappa shape index (κ2) is 12.0. The maximum Gasteiger partial charge on any atom is 0.406 e. The van der Waals surface area contributed by atoms with Gasteiger partial charge in [-0.2, -0.15) is 13.2 Å². The fraction of sp³-hybridized carbons (Fsp3) is 0.625. The average molecular weight is 615 g/mol. The van der Waals surface area contributed by atoms with Crippen LogP contribution in [0.2, 0.25) is 0 Å². The number of hydrogen-bond acceptors (Lipinski definition) is 9. The number of hydrogen-bond donors (Lipinski definition) is 4. The van der Waals surface area contributed by atoms with Crippen LogP contribution in [0.1, 0.15) is 31.7 Å². The molecule has 2 fully saturated rings. The molecule has 1 aliphatic carbocycles. The summed E-state index contributed by atoms with van der Waals surface area (Å²) in [4.78, 5) is 13.6. The largest absolute Gasteiger partial charge is 0.406 e. The molecule has 228 valence electrons. The molecule has 2 aromatic rings. The highest BCUT2D eigenvalue weighted by Gasteiger charge is 2.52. The standard InChI is InChI=1S/C24H28F6N4O6S/c1-33(10-24(28,29)30)21(38)20(23(39)4-2-3-5-23)41-22-19(37)17(18(36)15(9-35)40-22)34-8-14(31-32-34)11-6-12(25)16(27)13(26)7-11/h6-8,15,17-20,22,35-37,39H,2-5,9-10H2,1H3/t15-,17+,18+,19-,20?,22+/m1/s1. The average Bonchev–Trinajstić information content (AvgIpc) is 3.55. The van der Waals surface area contributed by atoms with Gasteiger partial charge in [-0.1, -0.05) is 18.1 Å². The van der Waals surface area contributed by atoms with Crippen LogP contribution >= 0.6 is 11.8 Å². The third-order valence-corrected chi connectivity index (χ3v) is 8.76. The smallest absolute Gasteiger partial charge is 0.394 e.